The van der Waals surface area contributed by atoms with Crippen molar-refractivity contribution < 1.29 is 8.78 Å². The lowest BCUT2D eigenvalue weighted by Gasteiger charge is -2.28. The van der Waals surface area contributed by atoms with Crippen molar-refractivity contribution in [2.75, 3.05) is 0 Å². The average Bonchev–Trinajstić information content (AvgIpc) is 2.89. The summed E-state index contributed by atoms with van der Waals surface area (Å²) in [5, 5.41) is 8.59. The minimum Gasteiger partial charge on any atom is -0.203 e. The number of benzene rings is 1. The largest absolute Gasteiger partial charge is 0.203 e. The van der Waals surface area contributed by atoms with Crippen molar-refractivity contribution in [2.45, 2.75) is 123 Å². The summed E-state index contributed by atoms with van der Waals surface area (Å²) in [6.45, 7) is 4.44. The van der Waals surface area contributed by atoms with Crippen molar-refractivity contribution in [3.05, 3.63) is 47.2 Å². The molecule has 0 unspecified atom stereocenters. The van der Waals surface area contributed by atoms with E-state index in [1.165, 1.54) is 70.6 Å². The molecule has 0 amide bonds. The maximum atomic E-state index is 14.8. The molecule has 0 saturated heterocycles. The summed E-state index contributed by atoms with van der Waals surface area (Å²) in [6.07, 6.45) is 20.4. The smallest absolute Gasteiger partial charge is 0.168 e. The number of halogens is 2. The summed E-state index contributed by atoms with van der Waals surface area (Å²) >= 11 is 0. The molecule has 1 aromatic carbocycles. The summed E-state index contributed by atoms with van der Waals surface area (Å²) in [6, 6.07) is 7.09. The van der Waals surface area contributed by atoms with Crippen LogP contribution in [0.3, 0.4) is 0 Å². The molecule has 0 aliphatic heterocycles. The maximum absolute atomic E-state index is 14.8. The quantitative estimate of drug-likeness (QED) is 0.235. The molecule has 1 aliphatic rings. The van der Waals surface area contributed by atoms with Gasteiger partial charge in [-0.15, -0.1) is 0 Å². The second kappa shape index (κ2) is 15.3. The van der Waals surface area contributed by atoms with Gasteiger partial charge in [-0.2, -0.15) is 10.2 Å². The Kier molecular flexibility index (Phi) is 12.1. The van der Waals surface area contributed by atoms with Crippen LogP contribution in [-0.4, -0.2) is 10.2 Å². The van der Waals surface area contributed by atoms with Crippen molar-refractivity contribution in [2.24, 2.45) is 11.8 Å². The molecular formula is C31H46F2N2. The molecule has 3 rings (SSSR count). The molecule has 2 aromatic rings. The van der Waals surface area contributed by atoms with Crippen LogP contribution in [0.1, 0.15) is 121 Å². The van der Waals surface area contributed by atoms with E-state index in [0.717, 1.165) is 49.6 Å². The first-order valence-corrected chi connectivity index (χ1v) is 14.4. The van der Waals surface area contributed by atoms with E-state index in [4.69, 9.17) is 0 Å². The zero-order valence-corrected chi connectivity index (χ0v) is 22.1. The van der Waals surface area contributed by atoms with Crippen LogP contribution in [0, 0.1) is 23.5 Å². The Balaban J connectivity index is 1.45. The fourth-order valence-electron chi connectivity index (χ4n) is 5.56. The Labute approximate surface area is 212 Å². The van der Waals surface area contributed by atoms with Gasteiger partial charge in [-0.05, 0) is 61.3 Å². The number of aryl methyl sites for hydroxylation is 2. The zero-order valence-electron chi connectivity index (χ0n) is 22.1. The molecule has 1 heterocycles. The highest BCUT2D eigenvalue weighted by Gasteiger charge is 2.21. The Bertz CT molecular complexity index is 857. The predicted octanol–water partition coefficient (Wildman–Crippen LogP) is 9.64. The number of nitrogens with zero attached hydrogens (tertiary/aromatic N) is 2. The molecule has 4 heteroatoms. The van der Waals surface area contributed by atoms with E-state index in [1.807, 2.05) is 6.07 Å². The Morgan fingerprint density at radius 1 is 0.657 bits per heavy atom. The first kappa shape index (κ1) is 27.7. The maximum Gasteiger partial charge on any atom is 0.168 e. The highest BCUT2D eigenvalue weighted by atomic mass is 19.2. The first-order valence-electron chi connectivity index (χ1n) is 14.4. The van der Waals surface area contributed by atoms with Crippen LogP contribution in [0.5, 0.6) is 0 Å². The lowest BCUT2D eigenvalue weighted by atomic mass is 9.78. The van der Waals surface area contributed by atoms with Crippen molar-refractivity contribution in [1.82, 2.24) is 10.2 Å². The number of aromatic nitrogens is 2. The van der Waals surface area contributed by atoms with E-state index in [1.54, 1.807) is 18.2 Å². The van der Waals surface area contributed by atoms with Crippen LogP contribution in [0.15, 0.2) is 24.3 Å². The van der Waals surface area contributed by atoms with Gasteiger partial charge in [0.15, 0.2) is 11.6 Å². The third kappa shape index (κ3) is 8.95. The minimum absolute atomic E-state index is 0.202. The van der Waals surface area contributed by atoms with Crippen LogP contribution in [0.4, 0.5) is 8.78 Å². The Hall–Kier alpha value is -1.84. The highest BCUT2D eigenvalue weighted by Crippen LogP contribution is 2.34. The number of hydrogen-bond donors (Lipinski definition) is 0. The zero-order chi connectivity index (χ0) is 24.9. The average molecular weight is 485 g/mol. The van der Waals surface area contributed by atoms with Gasteiger partial charge in [-0.3, -0.25) is 0 Å². The third-order valence-electron chi connectivity index (χ3n) is 7.95. The van der Waals surface area contributed by atoms with Crippen LogP contribution < -0.4 is 0 Å². The lowest BCUT2D eigenvalue weighted by molar-refractivity contribution is 0.248. The van der Waals surface area contributed by atoms with Crippen molar-refractivity contribution in [3.8, 4) is 11.3 Å². The first-order chi connectivity index (χ1) is 17.1. The molecule has 1 saturated carbocycles. The monoisotopic (exact) mass is 484 g/mol. The van der Waals surface area contributed by atoms with Gasteiger partial charge in [0.25, 0.3) is 0 Å². The summed E-state index contributed by atoms with van der Waals surface area (Å²) in [5.41, 5.74) is 2.01. The summed E-state index contributed by atoms with van der Waals surface area (Å²) < 4.78 is 29.4. The molecule has 35 heavy (non-hydrogen) atoms. The van der Waals surface area contributed by atoms with Gasteiger partial charge in [0.05, 0.1) is 11.4 Å². The van der Waals surface area contributed by atoms with Gasteiger partial charge in [0, 0.05) is 5.56 Å². The summed E-state index contributed by atoms with van der Waals surface area (Å²) in [7, 11) is 0. The third-order valence-corrected chi connectivity index (χ3v) is 7.95. The van der Waals surface area contributed by atoms with Gasteiger partial charge in [-0.1, -0.05) is 103 Å². The normalized spacial score (nSPS) is 18.2. The predicted molar refractivity (Wildman–Crippen MR) is 142 cm³/mol. The van der Waals surface area contributed by atoms with Crippen LogP contribution in [0.25, 0.3) is 11.3 Å². The topological polar surface area (TPSA) is 25.8 Å². The van der Waals surface area contributed by atoms with Gasteiger partial charge in [-0.25, -0.2) is 8.78 Å². The fraction of sp³-hybridized carbons (Fsp3) is 0.677. The van der Waals surface area contributed by atoms with E-state index in [9.17, 15) is 8.78 Å². The second-order valence-electron chi connectivity index (χ2n) is 10.7. The van der Waals surface area contributed by atoms with E-state index in [-0.39, 0.29) is 5.56 Å². The Morgan fingerprint density at radius 3 is 1.97 bits per heavy atom. The van der Waals surface area contributed by atoms with Crippen molar-refractivity contribution >= 4 is 0 Å². The molecule has 0 radical (unpaired) electrons. The van der Waals surface area contributed by atoms with Crippen LogP contribution >= 0.6 is 0 Å². The molecule has 0 bridgehead atoms. The van der Waals surface area contributed by atoms with E-state index >= 15 is 0 Å². The number of rotatable bonds is 15. The molecule has 0 N–H and O–H groups in total. The van der Waals surface area contributed by atoms with E-state index in [0.29, 0.717) is 17.7 Å². The van der Waals surface area contributed by atoms with Gasteiger partial charge < -0.3 is 0 Å². The SMILES string of the molecule is CCCCCCCc1ccc(-c2ccc(CCC3CCC(CCCCCC)CC3)nn2)c(F)c1F. The van der Waals surface area contributed by atoms with E-state index in [2.05, 4.69) is 24.0 Å². The minimum atomic E-state index is -0.801. The molecule has 2 nitrogen and oxygen atoms in total. The van der Waals surface area contributed by atoms with Gasteiger partial charge in [0.1, 0.15) is 0 Å². The second-order valence-corrected chi connectivity index (χ2v) is 10.7. The molecule has 194 valence electrons. The molecule has 1 aliphatic carbocycles. The molecule has 1 fully saturated rings. The standard InChI is InChI=1S/C31H46F2N2/c1-3-5-7-9-11-13-26-19-22-28(31(33)30(26)32)29-23-21-27(34-35-29)20-18-25-16-14-24(15-17-25)12-10-8-6-4-2/h19,21-25H,3-18,20H2,1-2H3. The van der Waals surface area contributed by atoms with Crippen LogP contribution in [-0.2, 0) is 12.8 Å². The fourth-order valence-corrected chi connectivity index (χ4v) is 5.56. The summed E-state index contributed by atoms with van der Waals surface area (Å²) in [5.74, 6) is 0.184. The number of unbranched alkanes of at least 4 members (excludes halogenated alkanes) is 7. The molecular weight excluding hydrogens is 438 g/mol. The van der Waals surface area contributed by atoms with E-state index < -0.39 is 11.6 Å². The highest BCUT2D eigenvalue weighted by molar-refractivity contribution is 5.60. The molecule has 0 spiro atoms. The molecule has 0 atom stereocenters. The molecule has 1 aromatic heterocycles. The van der Waals surface area contributed by atoms with Crippen LogP contribution in [0.2, 0.25) is 0 Å². The van der Waals surface area contributed by atoms with Crippen molar-refractivity contribution in [1.29, 1.82) is 0 Å². The van der Waals surface area contributed by atoms with Crippen molar-refractivity contribution in [3.63, 3.8) is 0 Å². The Morgan fingerprint density at radius 2 is 1.31 bits per heavy atom. The van der Waals surface area contributed by atoms with Gasteiger partial charge >= 0.3 is 0 Å². The lowest BCUT2D eigenvalue weighted by Crippen LogP contribution is -2.15. The summed E-state index contributed by atoms with van der Waals surface area (Å²) in [4.78, 5) is 0. The number of hydrogen-bond acceptors (Lipinski definition) is 2. The van der Waals surface area contributed by atoms with Gasteiger partial charge in [0.2, 0.25) is 0 Å².